The molecular weight excluding hydrogens is 242 g/mol. The number of hydrogen-bond acceptors (Lipinski definition) is 7. The Hall–Kier alpha value is -1.97. The maximum atomic E-state index is 11.5. The maximum Gasteiger partial charge on any atom is 0.278 e. The molecule has 2 heterocycles. The van der Waals surface area contributed by atoms with Crippen LogP contribution in [0.1, 0.15) is 0 Å². The first-order chi connectivity index (χ1) is 8.61. The summed E-state index contributed by atoms with van der Waals surface area (Å²) < 4.78 is 0. The van der Waals surface area contributed by atoms with Gasteiger partial charge in [0.15, 0.2) is 11.2 Å². The maximum absolute atomic E-state index is 11.5. The Morgan fingerprint density at radius 2 is 2.17 bits per heavy atom. The fourth-order valence-corrected chi connectivity index (χ4v) is 1.39. The van der Waals surface area contributed by atoms with Crippen molar-refractivity contribution < 1.29 is 15.3 Å². The highest BCUT2D eigenvalue weighted by atomic mass is 16.4. The Labute approximate surface area is 101 Å². The van der Waals surface area contributed by atoms with E-state index in [0.29, 0.717) is 0 Å². The Morgan fingerprint density at radius 1 is 1.39 bits per heavy atom. The van der Waals surface area contributed by atoms with E-state index in [1.807, 2.05) is 0 Å². The van der Waals surface area contributed by atoms with Gasteiger partial charge in [0.25, 0.3) is 5.56 Å². The van der Waals surface area contributed by atoms with E-state index < -0.39 is 24.4 Å². The number of anilines is 1. The number of rotatable bonds is 5. The zero-order valence-corrected chi connectivity index (χ0v) is 9.29. The van der Waals surface area contributed by atoms with Crippen LogP contribution < -0.4 is 10.9 Å². The molecule has 9 heteroatoms. The predicted molar refractivity (Wildman–Crippen MR) is 62.1 cm³/mol. The van der Waals surface area contributed by atoms with Crippen LogP contribution >= 0.6 is 0 Å². The molecule has 2 unspecified atom stereocenters. The molecule has 0 aromatic carbocycles. The van der Waals surface area contributed by atoms with Gasteiger partial charge < -0.3 is 25.6 Å². The van der Waals surface area contributed by atoms with Crippen molar-refractivity contribution in [2.24, 2.45) is 0 Å². The van der Waals surface area contributed by atoms with Crippen LogP contribution in [-0.4, -0.2) is 60.6 Å². The zero-order valence-electron chi connectivity index (χ0n) is 9.29. The van der Waals surface area contributed by atoms with Crippen molar-refractivity contribution in [3.8, 4) is 0 Å². The molecule has 2 atom stereocenters. The van der Waals surface area contributed by atoms with Crippen molar-refractivity contribution in [3.05, 3.63) is 16.7 Å². The lowest BCUT2D eigenvalue weighted by Crippen LogP contribution is -2.35. The smallest absolute Gasteiger partial charge is 0.278 e. The molecule has 2 rings (SSSR count). The molecule has 0 saturated carbocycles. The minimum Gasteiger partial charge on any atom is -0.394 e. The lowest BCUT2D eigenvalue weighted by atomic mass is 10.2. The number of aromatic amines is 2. The number of aliphatic hydroxyl groups is 3. The van der Waals surface area contributed by atoms with Gasteiger partial charge in [-0.3, -0.25) is 9.78 Å². The van der Waals surface area contributed by atoms with Gasteiger partial charge in [-0.15, -0.1) is 0 Å². The first-order valence-corrected chi connectivity index (χ1v) is 5.26. The number of nitrogens with zero attached hydrogens (tertiary/aromatic N) is 2. The number of aliphatic hydroxyl groups excluding tert-OH is 3. The fourth-order valence-electron chi connectivity index (χ4n) is 1.39. The summed E-state index contributed by atoms with van der Waals surface area (Å²) in [6.07, 6.45) is -1.07. The molecule has 6 N–H and O–H groups in total. The van der Waals surface area contributed by atoms with Gasteiger partial charge in [-0.1, -0.05) is 0 Å². The number of nitrogens with one attached hydrogen (secondary N) is 3. The van der Waals surface area contributed by atoms with Gasteiger partial charge in [0, 0.05) is 6.54 Å². The van der Waals surface area contributed by atoms with Gasteiger partial charge in [0.1, 0.15) is 6.10 Å². The molecule has 0 aliphatic rings. The quantitative estimate of drug-likeness (QED) is 0.354. The number of H-pyrrole nitrogens is 2. The summed E-state index contributed by atoms with van der Waals surface area (Å²) in [5.41, 5.74) is 0.118. The van der Waals surface area contributed by atoms with E-state index in [1.54, 1.807) is 0 Å². The molecule has 0 amide bonds. The van der Waals surface area contributed by atoms with Crippen LogP contribution in [0.15, 0.2) is 11.1 Å². The molecule has 9 nitrogen and oxygen atoms in total. The van der Waals surface area contributed by atoms with Crippen LogP contribution in [0.5, 0.6) is 0 Å². The lowest BCUT2D eigenvalue weighted by molar-refractivity contribution is -0.00707. The SMILES string of the molecule is O=c1[nH]c(NCC(O)C(O)CO)nc2nc[nH]c12. The van der Waals surface area contributed by atoms with E-state index in [4.69, 9.17) is 10.2 Å². The Bertz CT molecular complexity index is 580. The van der Waals surface area contributed by atoms with Crippen LogP contribution in [-0.2, 0) is 0 Å². The molecule has 0 saturated heterocycles. The van der Waals surface area contributed by atoms with E-state index in [2.05, 4.69) is 25.3 Å². The molecular formula is C9H13N5O4. The monoisotopic (exact) mass is 255 g/mol. The summed E-state index contributed by atoms with van der Waals surface area (Å²) in [7, 11) is 0. The third-order valence-corrected chi connectivity index (χ3v) is 2.41. The first-order valence-electron chi connectivity index (χ1n) is 5.26. The van der Waals surface area contributed by atoms with Gasteiger partial charge >= 0.3 is 0 Å². The molecule has 18 heavy (non-hydrogen) atoms. The van der Waals surface area contributed by atoms with E-state index >= 15 is 0 Å². The fraction of sp³-hybridized carbons (Fsp3) is 0.444. The molecule has 2 aromatic heterocycles. The highest BCUT2D eigenvalue weighted by molar-refractivity contribution is 5.69. The van der Waals surface area contributed by atoms with Crippen LogP contribution in [0.4, 0.5) is 5.95 Å². The summed E-state index contributed by atoms with van der Waals surface area (Å²) in [5, 5.41) is 29.8. The van der Waals surface area contributed by atoms with Crippen LogP contribution in [0.3, 0.4) is 0 Å². The average molecular weight is 255 g/mol. The minimum absolute atomic E-state index is 0.0689. The summed E-state index contributed by atoms with van der Waals surface area (Å²) in [6, 6.07) is 0. The highest BCUT2D eigenvalue weighted by Crippen LogP contribution is 2.03. The molecule has 0 bridgehead atoms. The van der Waals surface area contributed by atoms with Gasteiger partial charge in [-0.25, -0.2) is 4.98 Å². The Kier molecular flexibility index (Phi) is 3.55. The van der Waals surface area contributed by atoms with Crippen LogP contribution in [0, 0.1) is 0 Å². The first kappa shape index (κ1) is 12.5. The molecule has 0 aliphatic carbocycles. The summed E-state index contributed by atoms with van der Waals surface area (Å²) in [6.45, 7) is -0.619. The second-order valence-corrected chi connectivity index (χ2v) is 3.71. The molecule has 0 spiro atoms. The largest absolute Gasteiger partial charge is 0.394 e. The normalized spacial score (nSPS) is 14.6. The van der Waals surface area contributed by atoms with Gasteiger partial charge in [0.05, 0.1) is 19.0 Å². The summed E-state index contributed by atoms with van der Waals surface area (Å²) >= 11 is 0. The van der Waals surface area contributed by atoms with Crippen molar-refractivity contribution >= 4 is 17.1 Å². The standard InChI is InChI=1S/C9H13N5O4/c15-2-5(17)4(16)1-10-9-13-7-6(8(18)14-9)11-3-12-7/h3-5,15-17H,1-2H2,(H3,10,11,12,13,14,18). The third-order valence-electron chi connectivity index (χ3n) is 2.41. The van der Waals surface area contributed by atoms with Crippen molar-refractivity contribution in [1.82, 2.24) is 19.9 Å². The van der Waals surface area contributed by atoms with Crippen molar-refractivity contribution in [2.45, 2.75) is 12.2 Å². The van der Waals surface area contributed by atoms with E-state index in [1.165, 1.54) is 6.33 Å². The molecule has 98 valence electrons. The van der Waals surface area contributed by atoms with E-state index in [0.717, 1.165) is 0 Å². The predicted octanol–water partition coefficient (Wildman–Crippen LogP) is -2.23. The number of imidazole rings is 1. The molecule has 2 aromatic rings. The third kappa shape index (κ3) is 2.47. The zero-order chi connectivity index (χ0) is 13.1. The number of fused-ring (bicyclic) bond motifs is 1. The number of hydrogen-bond donors (Lipinski definition) is 6. The van der Waals surface area contributed by atoms with Gasteiger partial charge in [-0.05, 0) is 0 Å². The lowest BCUT2D eigenvalue weighted by Gasteiger charge is -2.15. The Balaban J connectivity index is 2.10. The molecule has 0 aliphatic heterocycles. The Morgan fingerprint density at radius 3 is 2.89 bits per heavy atom. The summed E-state index contributed by atoms with van der Waals surface area (Å²) in [5.74, 6) is 0.129. The minimum atomic E-state index is -1.25. The van der Waals surface area contributed by atoms with E-state index in [9.17, 15) is 9.90 Å². The second kappa shape index (κ2) is 5.12. The average Bonchev–Trinajstić information content (AvgIpc) is 2.83. The van der Waals surface area contributed by atoms with Crippen molar-refractivity contribution in [1.29, 1.82) is 0 Å². The highest BCUT2D eigenvalue weighted by Gasteiger charge is 2.15. The topological polar surface area (TPSA) is 147 Å². The van der Waals surface area contributed by atoms with Gasteiger partial charge in [0.2, 0.25) is 5.95 Å². The second-order valence-electron chi connectivity index (χ2n) is 3.71. The molecule has 0 radical (unpaired) electrons. The van der Waals surface area contributed by atoms with Crippen molar-refractivity contribution in [3.63, 3.8) is 0 Å². The molecule has 0 fully saturated rings. The van der Waals surface area contributed by atoms with Crippen LogP contribution in [0.25, 0.3) is 11.2 Å². The van der Waals surface area contributed by atoms with Gasteiger partial charge in [-0.2, -0.15) is 4.98 Å². The van der Waals surface area contributed by atoms with Crippen LogP contribution in [0.2, 0.25) is 0 Å². The number of aromatic nitrogens is 4. The van der Waals surface area contributed by atoms with E-state index in [-0.39, 0.29) is 23.7 Å². The summed E-state index contributed by atoms with van der Waals surface area (Å²) in [4.78, 5) is 24.4. The van der Waals surface area contributed by atoms with Crippen molar-refractivity contribution in [2.75, 3.05) is 18.5 Å².